The van der Waals surface area contributed by atoms with E-state index in [4.69, 9.17) is 0 Å². The van der Waals surface area contributed by atoms with Crippen molar-refractivity contribution in [1.82, 2.24) is 24.6 Å². The molecule has 0 saturated carbocycles. The second-order valence-corrected chi connectivity index (χ2v) is 6.89. The first-order valence-corrected chi connectivity index (χ1v) is 9.17. The second-order valence-electron chi connectivity index (χ2n) is 5.95. The van der Waals surface area contributed by atoms with Crippen LogP contribution in [-0.4, -0.2) is 68.3 Å². The Morgan fingerprint density at radius 1 is 1.12 bits per heavy atom. The monoisotopic (exact) mass is 359 g/mol. The number of para-hydroxylation sites is 1. The summed E-state index contributed by atoms with van der Waals surface area (Å²) in [5.74, 6) is 0.435. The fraction of sp³-hybridized carbons (Fsp3) is 0.412. The summed E-state index contributed by atoms with van der Waals surface area (Å²) in [6.07, 6.45) is 1.67. The predicted octanol–water partition coefficient (Wildman–Crippen LogP) is 1.36. The quantitative estimate of drug-likeness (QED) is 0.771. The fourth-order valence-electron chi connectivity index (χ4n) is 2.81. The number of rotatable bonds is 4. The molecular formula is C17H21N5O2S. The van der Waals surface area contributed by atoms with Crippen LogP contribution in [0.5, 0.6) is 0 Å². The highest BCUT2D eigenvalue weighted by molar-refractivity contribution is 7.99. The number of thioether (sulfide) groups is 1. The Morgan fingerprint density at radius 2 is 1.80 bits per heavy atom. The Labute approximate surface area is 151 Å². The van der Waals surface area contributed by atoms with Crippen LogP contribution in [0.3, 0.4) is 0 Å². The van der Waals surface area contributed by atoms with Crippen LogP contribution in [0.2, 0.25) is 0 Å². The molecule has 8 heteroatoms. The van der Waals surface area contributed by atoms with Crippen molar-refractivity contribution in [3.8, 4) is 5.69 Å². The number of carbonyl (C=O) groups excluding carboxylic acids is 2. The maximum Gasteiger partial charge on any atom is 0.233 e. The molecule has 1 saturated heterocycles. The van der Waals surface area contributed by atoms with Gasteiger partial charge in [0, 0.05) is 33.1 Å². The first kappa shape index (κ1) is 17.5. The molecule has 1 aliphatic heterocycles. The maximum atomic E-state index is 12.4. The molecule has 2 aromatic rings. The highest BCUT2D eigenvalue weighted by Crippen LogP contribution is 2.22. The highest BCUT2D eigenvalue weighted by atomic mass is 32.2. The van der Waals surface area contributed by atoms with E-state index in [0.717, 1.165) is 11.3 Å². The fourth-order valence-corrected chi connectivity index (χ4v) is 3.63. The molecule has 0 bridgehead atoms. The molecule has 1 aromatic heterocycles. The summed E-state index contributed by atoms with van der Waals surface area (Å²) in [6, 6.07) is 7.99. The Bertz CT molecular complexity index is 768. The van der Waals surface area contributed by atoms with Crippen molar-refractivity contribution in [2.24, 2.45) is 0 Å². The van der Waals surface area contributed by atoms with E-state index in [1.165, 1.54) is 11.8 Å². The molecule has 3 rings (SSSR count). The van der Waals surface area contributed by atoms with E-state index in [9.17, 15) is 9.59 Å². The number of piperazine rings is 1. The van der Waals surface area contributed by atoms with E-state index in [1.54, 1.807) is 23.1 Å². The van der Waals surface area contributed by atoms with Gasteiger partial charge in [0.05, 0.1) is 11.4 Å². The summed E-state index contributed by atoms with van der Waals surface area (Å²) in [5, 5.41) is 8.82. The number of hydrogen-bond acceptors (Lipinski definition) is 5. The molecule has 0 radical (unpaired) electrons. The number of amides is 2. The van der Waals surface area contributed by atoms with Gasteiger partial charge >= 0.3 is 0 Å². The van der Waals surface area contributed by atoms with Gasteiger partial charge in [-0.05, 0) is 18.6 Å². The van der Waals surface area contributed by atoms with Gasteiger partial charge in [0.1, 0.15) is 6.33 Å². The molecular weight excluding hydrogens is 338 g/mol. The normalized spacial score (nSPS) is 14.6. The Morgan fingerprint density at radius 3 is 2.48 bits per heavy atom. The molecule has 132 valence electrons. The van der Waals surface area contributed by atoms with Gasteiger partial charge in [-0.1, -0.05) is 30.0 Å². The minimum absolute atomic E-state index is 0.0625. The summed E-state index contributed by atoms with van der Waals surface area (Å²) < 4.78 is 1.90. The van der Waals surface area contributed by atoms with Gasteiger partial charge in [-0.25, -0.2) is 0 Å². The van der Waals surface area contributed by atoms with E-state index in [-0.39, 0.29) is 11.8 Å². The Balaban J connectivity index is 1.60. The van der Waals surface area contributed by atoms with Crippen molar-refractivity contribution in [2.45, 2.75) is 19.0 Å². The molecule has 0 aliphatic carbocycles. The van der Waals surface area contributed by atoms with Gasteiger partial charge in [0.25, 0.3) is 0 Å². The van der Waals surface area contributed by atoms with Gasteiger partial charge in [-0.3, -0.25) is 14.2 Å². The smallest absolute Gasteiger partial charge is 0.233 e. The van der Waals surface area contributed by atoms with Crippen LogP contribution in [-0.2, 0) is 9.59 Å². The number of aromatic nitrogens is 3. The summed E-state index contributed by atoms with van der Waals surface area (Å²) in [4.78, 5) is 27.4. The van der Waals surface area contributed by atoms with Crippen LogP contribution >= 0.6 is 11.8 Å². The number of nitrogens with zero attached hydrogens (tertiary/aromatic N) is 5. The zero-order valence-corrected chi connectivity index (χ0v) is 15.2. The summed E-state index contributed by atoms with van der Waals surface area (Å²) in [6.45, 7) is 5.97. The summed E-state index contributed by atoms with van der Waals surface area (Å²) in [5.41, 5.74) is 2.13. The first-order chi connectivity index (χ1) is 12.1. The van der Waals surface area contributed by atoms with Crippen LogP contribution in [0.15, 0.2) is 35.7 Å². The minimum Gasteiger partial charge on any atom is -0.339 e. The molecule has 25 heavy (non-hydrogen) atoms. The maximum absolute atomic E-state index is 12.4. The van der Waals surface area contributed by atoms with E-state index >= 15 is 0 Å². The van der Waals surface area contributed by atoms with Crippen molar-refractivity contribution in [3.63, 3.8) is 0 Å². The van der Waals surface area contributed by atoms with Crippen molar-refractivity contribution in [1.29, 1.82) is 0 Å². The zero-order chi connectivity index (χ0) is 17.8. The number of benzene rings is 1. The zero-order valence-electron chi connectivity index (χ0n) is 14.4. The molecule has 0 atom stereocenters. The number of aryl methyl sites for hydroxylation is 1. The SMILES string of the molecule is CC(=O)N1CCN(C(=O)CSc2nncn2-c2ccccc2C)CC1. The summed E-state index contributed by atoms with van der Waals surface area (Å²) >= 11 is 1.38. The molecule has 0 unspecified atom stereocenters. The van der Waals surface area contributed by atoms with E-state index in [0.29, 0.717) is 37.1 Å². The third-order valence-electron chi connectivity index (χ3n) is 4.29. The Hall–Kier alpha value is -2.35. The minimum atomic E-state index is 0.0625. The van der Waals surface area contributed by atoms with Crippen molar-refractivity contribution in [2.75, 3.05) is 31.9 Å². The number of carbonyl (C=O) groups is 2. The lowest BCUT2D eigenvalue weighted by atomic mass is 10.2. The van der Waals surface area contributed by atoms with E-state index in [2.05, 4.69) is 10.2 Å². The van der Waals surface area contributed by atoms with Crippen LogP contribution in [0.1, 0.15) is 12.5 Å². The number of hydrogen-bond donors (Lipinski definition) is 0. The average molecular weight is 359 g/mol. The van der Waals surface area contributed by atoms with Crippen LogP contribution < -0.4 is 0 Å². The molecule has 7 nitrogen and oxygen atoms in total. The van der Waals surface area contributed by atoms with Gasteiger partial charge in [0.2, 0.25) is 11.8 Å². The van der Waals surface area contributed by atoms with Gasteiger partial charge in [-0.15, -0.1) is 10.2 Å². The van der Waals surface area contributed by atoms with Gasteiger partial charge in [-0.2, -0.15) is 0 Å². The third kappa shape index (κ3) is 4.01. The third-order valence-corrected chi connectivity index (χ3v) is 5.22. The molecule has 1 aliphatic rings. The lowest BCUT2D eigenvalue weighted by Gasteiger charge is -2.34. The molecule has 1 aromatic carbocycles. The predicted molar refractivity (Wildman–Crippen MR) is 95.7 cm³/mol. The van der Waals surface area contributed by atoms with Gasteiger partial charge in [0.15, 0.2) is 5.16 Å². The molecule has 0 spiro atoms. The molecule has 2 amide bonds. The van der Waals surface area contributed by atoms with Gasteiger partial charge < -0.3 is 9.80 Å². The van der Waals surface area contributed by atoms with E-state index < -0.39 is 0 Å². The van der Waals surface area contributed by atoms with Crippen molar-refractivity contribution in [3.05, 3.63) is 36.2 Å². The van der Waals surface area contributed by atoms with Crippen LogP contribution in [0.4, 0.5) is 0 Å². The highest BCUT2D eigenvalue weighted by Gasteiger charge is 2.22. The first-order valence-electron chi connectivity index (χ1n) is 8.18. The van der Waals surface area contributed by atoms with Crippen LogP contribution in [0, 0.1) is 6.92 Å². The lowest BCUT2D eigenvalue weighted by Crippen LogP contribution is -2.50. The van der Waals surface area contributed by atoms with E-state index in [1.807, 2.05) is 35.8 Å². The Kier molecular flexibility index (Phi) is 5.37. The molecule has 1 fully saturated rings. The molecule has 0 N–H and O–H groups in total. The largest absolute Gasteiger partial charge is 0.339 e. The topological polar surface area (TPSA) is 71.3 Å². The van der Waals surface area contributed by atoms with Crippen molar-refractivity contribution < 1.29 is 9.59 Å². The second kappa shape index (κ2) is 7.69. The summed E-state index contributed by atoms with van der Waals surface area (Å²) in [7, 11) is 0. The molecule has 2 heterocycles. The average Bonchev–Trinajstić information content (AvgIpc) is 3.08. The standard InChI is InChI=1S/C17H21N5O2S/c1-13-5-3-4-6-15(13)22-12-18-19-17(22)25-11-16(24)21-9-7-20(8-10-21)14(2)23/h3-6,12H,7-11H2,1-2H3. The van der Waals surface area contributed by atoms with Crippen molar-refractivity contribution >= 4 is 23.6 Å². The lowest BCUT2D eigenvalue weighted by molar-refractivity contribution is -0.136. The van der Waals surface area contributed by atoms with Crippen LogP contribution in [0.25, 0.3) is 5.69 Å².